The van der Waals surface area contributed by atoms with Gasteiger partial charge in [0.05, 0.1) is 17.0 Å². The maximum absolute atomic E-state index is 13.1. The number of carbonyl (C=O) groups is 1. The Kier molecular flexibility index (Phi) is 4.35. The second-order valence-corrected chi connectivity index (χ2v) is 5.27. The molecular formula is C13H15BrFNO2. The molecule has 1 fully saturated rings. The molecular weight excluding hydrogens is 301 g/mol. The molecule has 3 nitrogen and oxygen atoms in total. The molecule has 1 aromatic rings. The number of amides is 1. The first-order valence-electron chi connectivity index (χ1n) is 5.84. The summed E-state index contributed by atoms with van der Waals surface area (Å²) in [5.41, 5.74) is 0.814. The molecule has 1 amide bonds. The lowest BCUT2D eigenvalue weighted by atomic mass is 10.1. The molecule has 1 atom stereocenters. The lowest BCUT2D eigenvalue weighted by Crippen LogP contribution is -2.31. The van der Waals surface area contributed by atoms with Gasteiger partial charge < -0.3 is 9.64 Å². The third-order valence-electron chi connectivity index (χ3n) is 3.17. The molecule has 18 heavy (non-hydrogen) atoms. The van der Waals surface area contributed by atoms with Crippen LogP contribution >= 0.6 is 15.9 Å². The smallest absolute Gasteiger partial charge is 0.227 e. The Morgan fingerprint density at radius 1 is 1.61 bits per heavy atom. The Labute approximate surface area is 114 Å². The summed E-state index contributed by atoms with van der Waals surface area (Å²) in [6, 6.07) is 4.66. The van der Waals surface area contributed by atoms with Crippen LogP contribution in [-0.2, 0) is 16.0 Å². The van der Waals surface area contributed by atoms with Gasteiger partial charge in [0, 0.05) is 20.2 Å². The number of ether oxygens (including phenoxy) is 1. The van der Waals surface area contributed by atoms with Gasteiger partial charge in [-0.1, -0.05) is 6.07 Å². The van der Waals surface area contributed by atoms with Gasteiger partial charge in [-0.25, -0.2) is 4.39 Å². The SMILES string of the molecule is CO[C@@H]1CCN(C(=O)Cc2ccc(F)c(Br)c2)C1. The summed E-state index contributed by atoms with van der Waals surface area (Å²) in [5.74, 6) is -0.250. The molecule has 1 saturated heterocycles. The van der Waals surface area contributed by atoms with E-state index in [2.05, 4.69) is 15.9 Å². The zero-order valence-electron chi connectivity index (χ0n) is 10.2. The maximum atomic E-state index is 13.1. The van der Waals surface area contributed by atoms with Crippen LogP contribution in [0.25, 0.3) is 0 Å². The van der Waals surface area contributed by atoms with Crippen molar-refractivity contribution in [3.63, 3.8) is 0 Å². The van der Waals surface area contributed by atoms with E-state index >= 15 is 0 Å². The Morgan fingerprint density at radius 2 is 2.39 bits per heavy atom. The number of benzene rings is 1. The number of hydrogen-bond acceptors (Lipinski definition) is 2. The lowest BCUT2D eigenvalue weighted by Gasteiger charge is -2.16. The van der Waals surface area contributed by atoms with Crippen molar-refractivity contribution in [2.45, 2.75) is 18.9 Å². The molecule has 0 N–H and O–H groups in total. The summed E-state index contributed by atoms with van der Waals surface area (Å²) in [5, 5.41) is 0. The van der Waals surface area contributed by atoms with Crippen molar-refractivity contribution in [1.29, 1.82) is 0 Å². The average molecular weight is 316 g/mol. The number of halogens is 2. The lowest BCUT2D eigenvalue weighted by molar-refractivity contribution is -0.129. The number of likely N-dealkylation sites (tertiary alicyclic amines) is 1. The first-order valence-corrected chi connectivity index (χ1v) is 6.64. The van der Waals surface area contributed by atoms with Crippen LogP contribution in [0.1, 0.15) is 12.0 Å². The van der Waals surface area contributed by atoms with Crippen molar-refractivity contribution in [1.82, 2.24) is 4.90 Å². The highest BCUT2D eigenvalue weighted by Crippen LogP contribution is 2.19. The molecule has 1 heterocycles. The van der Waals surface area contributed by atoms with Gasteiger partial charge in [0.1, 0.15) is 5.82 Å². The Hall–Kier alpha value is -0.940. The van der Waals surface area contributed by atoms with Crippen molar-refractivity contribution in [2.75, 3.05) is 20.2 Å². The number of rotatable bonds is 3. The topological polar surface area (TPSA) is 29.5 Å². The van der Waals surface area contributed by atoms with Gasteiger partial charge in [-0.3, -0.25) is 4.79 Å². The van der Waals surface area contributed by atoms with Gasteiger partial charge in [0.2, 0.25) is 5.91 Å². The van der Waals surface area contributed by atoms with Gasteiger partial charge in [-0.2, -0.15) is 0 Å². The van der Waals surface area contributed by atoms with E-state index in [-0.39, 0.29) is 17.8 Å². The Bertz CT molecular complexity index is 453. The Morgan fingerprint density at radius 3 is 3.00 bits per heavy atom. The van der Waals surface area contributed by atoms with E-state index in [4.69, 9.17) is 4.74 Å². The number of methoxy groups -OCH3 is 1. The van der Waals surface area contributed by atoms with Gasteiger partial charge in [0.25, 0.3) is 0 Å². The first kappa shape index (κ1) is 13.5. The van der Waals surface area contributed by atoms with Crippen LogP contribution in [0.5, 0.6) is 0 Å². The largest absolute Gasteiger partial charge is 0.380 e. The fraction of sp³-hybridized carbons (Fsp3) is 0.462. The van der Waals surface area contributed by atoms with E-state index in [1.54, 1.807) is 24.1 Å². The van der Waals surface area contributed by atoms with Gasteiger partial charge in [-0.15, -0.1) is 0 Å². The van der Waals surface area contributed by atoms with Crippen LogP contribution in [-0.4, -0.2) is 37.1 Å². The zero-order valence-corrected chi connectivity index (χ0v) is 11.7. The average Bonchev–Trinajstić information content (AvgIpc) is 2.82. The second-order valence-electron chi connectivity index (χ2n) is 4.41. The van der Waals surface area contributed by atoms with E-state index in [9.17, 15) is 9.18 Å². The molecule has 98 valence electrons. The summed E-state index contributed by atoms with van der Waals surface area (Å²) >= 11 is 3.12. The standard InChI is InChI=1S/C13H15BrFNO2/c1-18-10-4-5-16(8-10)13(17)7-9-2-3-12(15)11(14)6-9/h2-3,6,10H,4-5,7-8H2,1H3/t10-/m1/s1. The van der Waals surface area contributed by atoms with Gasteiger partial charge >= 0.3 is 0 Å². The number of carbonyl (C=O) groups excluding carboxylic acids is 1. The van der Waals surface area contributed by atoms with E-state index in [1.165, 1.54) is 6.07 Å². The number of hydrogen-bond donors (Lipinski definition) is 0. The Balaban J connectivity index is 1.97. The van der Waals surface area contributed by atoms with Crippen LogP contribution in [0.2, 0.25) is 0 Å². The highest BCUT2D eigenvalue weighted by Gasteiger charge is 2.25. The molecule has 2 rings (SSSR count). The fourth-order valence-corrected chi connectivity index (χ4v) is 2.51. The highest BCUT2D eigenvalue weighted by molar-refractivity contribution is 9.10. The van der Waals surface area contributed by atoms with Crippen molar-refractivity contribution in [3.8, 4) is 0 Å². The normalized spacial score (nSPS) is 19.3. The minimum atomic E-state index is -0.313. The summed E-state index contributed by atoms with van der Waals surface area (Å²) in [6.07, 6.45) is 1.33. The summed E-state index contributed by atoms with van der Waals surface area (Å²) in [7, 11) is 1.66. The molecule has 1 aliphatic rings. The summed E-state index contributed by atoms with van der Waals surface area (Å²) in [6.45, 7) is 1.39. The molecule has 0 aromatic heterocycles. The predicted octanol–water partition coefficient (Wildman–Crippen LogP) is 2.38. The third-order valence-corrected chi connectivity index (χ3v) is 3.78. The van der Waals surface area contributed by atoms with Crippen LogP contribution in [0.3, 0.4) is 0 Å². The van der Waals surface area contributed by atoms with E-state index in [0.717, 1.165) is 18.5 Å². The van der Waals surface area contributed by atoms with Crippen LogP contribution in [0.4, 0.5) is 4.39 Å². The van der Waals surface area contributed by atoms with Crippen LogP contribution in [0, 0.1) is 5.82 Å². The molecule has 0 saturated carbocycles. The second kappa shape index (κ2) is 5.80. The predicted molar refractivity (Wildman–Crippen MR) is 69.8 cm³/mol. The van der Waals surface area contributed by atoms with Crippen LogP contribution in [0.15, 0.2) is 22.7 Å². The highest BCUT2D eigenvalue weighted by atomic mass is 79.9. The van der Waals surface area contributed by atoms with Crippen molar-refractivity contribution in [3.05, 3.63) is 34.1 Å². The van der Waals surface area contributed by atoms with Crippen molar-refractivity contribution >= 4 is 21.8 Å². The first-order chi connectivity index (χ1) is 8.60. The molecule has 0 spiro atoms. The monoisotopic (exact) mass is 315 g/mol. The van der Waals surface area contributed by atoms with Gasteiger partial charge in [0.15, 0.2) is 0 Å². The van der Waals surface area contributed by atoms with Crippen molar-refractivity contribution < 1.29 is 13.9 Å². The molecule has 0 aliphatic carbocycles. The molecule has 5 heteroatoms. The molecule has 0 unspecified atom stereocenters. The quantitative estimate of drug-likeness (QED) is 0.857. The minimum absolute atomic E-state index is 0.0630. The molecule has 0 bridgehead atoms. The molecule has 1 aromatic carbocycles. The van der Waals surface area contributed by atoms with E-state index in [1.807, 2.05) is 0 Å². The summed E-state index contributed by atoms with van der Waals surface area (Å²) < 4.78 is 18.7. The maximum Gasteiger partial charge on any atom is 0.227 e. The van der Waals surface area contributed by atoms with E-state index in [0.29, 0.717) is 17.4 Å². The van der Waals surface area contributed by atoms with Crippen LogP contribution < -0.4 is 0 Å². The van der Waals surface area contributed by atoms with Crippen molar-refractivity contribution in [2.24, 2.45) is 0 Å². The number of nitrogens with zero attached hydrogens (tertiary/aromatic N) is 1. The molecule has 0 radical (unpaired) electrons. The zero-order chi connectivity index (χ0) is 13.1. The third kappa shape index (κ3) is 3.09. The summed E-state index contributed by atoms with van der Waals surface area (Å²) in [4.78, 5) is 13.8. The van der Waals surface area contributed by atoms with Gasteiger partial charge in [-0.05, 0) is 40.0 Å². The molecule has 1 aliphatic heterocycles. The van der Waals surface area contributed by atoms with E-state index < -0.39 is 0 Å². The fourth-order valence-electron chi connectivity index (χ4n) is 2.08. The minimum Gasteiger partial charge on any atom is -0.380 e.